The molecule has 0 aliphatic carbocycles. The summed E-state index contributed by atoms with van der Waals surface area (Å²) in [6.45, 7) is -0.527. The zero-order valence-electron chi connectivity index (χ0n) is 17.4. The van der Waals surface area contributed by atoms with Crippen LogP contribution in [0.15, 0.2) is 36.5 Å². The number of hydrogen-bond acceptors (Lipinski definition) is 9. The molecule has 4 rings (SSSR count). The first-order chi connectivity index (χ1) is 15.6. The van der Waals surface area contributed by atoms with Crippen molar-refractivity contribution < 1.29 is 32.8 Å². The molecule has 0 saturated carbocycles. The number of anilines is 3. The van der Waals surface area contributed by atoms with Crippen LogP contribution in [0.25, 0.3) is 11.1 Å². The summed E-state index contributed by atoms with van der Waals surface area (Å²) in [4.78, 5) is 36.8. The van der Waals surface area contributed by atoms with Crippen LogP contribution in [0, 0.1) is 5.82 Å². The monoisotopic (exact) mass is 479 g/mol. The summed E-state index contributed by atoms with van der Waals surface area (Å²) in [7, 11) is -1.25. The fourth-order valence-electron chi connectivity index (χ4n) is 3.26. The first kappa shape index (κ1) is 22.7. The minimum atomic E-state index is -4.69. The first-order valence-corrected chi connectivity index (χ1v) is 11.1. The molecule has 1 atom stereocenters. The fourth-order valence-corrected chi connectivity index (χ4v) is 3.62. The highest BCUT2D eigenvalue weighted by atomic mass is 31.2. The summed E-state index contributed by atoms with van der Waals surface area (Å²) in [6, 6.07) is 7.61. The topological polar surface area (TPSA) is 156 Å². The number of ether oxygens (including phenoxy) is 1. The molecule has 0 bridgehead atoms. The number of halogens is 1. The Balaban J connectivity index is 1.48. The van der Waals surface area contributed by atoms with Crippen molar-refractivity contribution in [3.63, 3.8) is 0 Å². The number of phosphoric ester groups is 1. The maximum absolute atomic E-state index is 14.9. The number of carbonyl (C=O) groups excluding carboxylic acids is 1. The molecular formula is C18H19FN7O6P. The van der Waals surface area contributed by atoms with Gasteiger partial charge in [0.25, 0.3) is 5.95 Å². The Bertz CT molecular complexity index is 1220. The molecule has 13 nitrogen and oxygen atoms in total. The van der Waals surface area contributed by atoms with E-state index in [0.29, 0.717) is 17.3 Å². The van der Waals surface area contributed by atoms with E-state index in [1.54, 1.807) is 31.1 Å². The third-order valence-electron chi connectivity index (χ3n) is 4.87. The molecule has 0 radical (unpaired) electrons. The molecule has 0 spiro atoms. The number of hydrogen-bond donors (Lipinski definition) is 2. The Labute approximate surface area is 186 Å². The molecule has 2 aromatic heterocycles. The van der Waals surface area contributed by atoms with Crippen molar-refractivity contribution >= 4 is 31.4 Å². The molecule has 3 aromatic rings. The lowest BCUT2D eigenvalue weighted by Crippen LogP contribution is -2.25. The molecule has 174 valence electrons. The van der Waals surface area contributed by atoms with E-state index in [0.717, 1.165) is 4.90 Å². The van der Waals surface area contributed by atoms with Crippen LogP contribution in [0.4, 0.5) is 26.6 Å². The van der Waals surface area contributed by atoms with Gasteiger partial charge in [0.15, 0.2) is 0 Å². The van der Waals surface area contributed by atoms with Gasteiger partial charge in [0.1, 0.15) is 17.7 Å². The Morgan fingerprint density at radius 2 is 2.12 bits per heavy atom. The Morgan fingerprint density at radius 1 is 1.33 bits per heavy atom. The minimum absolute atomic E-state index is 0.0445. The van der Waals surface area contributed by atoms with Crippen LogP contribution in [0.1, 0.15) is 0 Å². The van der Waals surface area contributed by atoms with Crippen LogP contribution >= 0.6 is 7.82 Å². The molecule has 1 aliphatic rings. The molecule has 1 fully saturated rings. The quantitative estimate of drug-likeness (QED) is 0.475. The molecule has 1 aliphatic heterocycles. The van der Waals surface area contributed by atoms with Gasteiger partial charge in [-0.2, -0.15) is 0 Å². The maximum atomic E-state index is 14.9. The largest absolute Gasteiger partial charge is 0.469 e. The normalized spacial score (nSPS) is 16.2. The van der Waals surface area contributed by atoms with E-state index in [-0.39, 0.29) is 17.8 Å². The average Bonchev–Trinajstić information content (AvgIpc) is 3.36. The number of rotatable bonds is 7. The second-order valence-electron chi connectivity index (χ2n) is 7.13. The van der Waals surface area contributed by atoms with Gasteiger partial charge in [-0.1, -0.05) is 5.10 Å². The molecule has 1 aromatic carbocycles. The molecule has 33 heavy (non-hydrogen) atoms. The van der Waals surface area contributed by atoms with Crippen LogP contribution in [0.2, 0.25) is 0 Å². The summed E-state index contributed by atoms with van der Waals surface area (Å²) >= 11 is 0. The predicted octanol–water partition coefficient (Wildman–Crippen LogP) is 1.61. The van der Waals surface area contributed by atoms with Crippen LogP contribution in [0.5, 0.6) is 0 Å². The summed E-state index contributed by atoms with van der Waals surface area (Å²) in [5.74, 6) is 0.445. The number of benzene rings is 1. The number of aryl methyl sites for hydroxylation is 1. The van der Waals surface area contributed by atoms with Gasteiger partial charge in [-0.15, -0.1) is 0 Å². The fraction of sp³-hybridized carbons (Fsp3) is 0.278. The molecule has 0 unspecified atom stereocenters. The van der Waals surface area contributed by atoms with Gasteiger partial charge in [-0.05, 0) is 40.8 Å². The predicted molar refractivity (Wildman–Crippen MR) is 112 cm³/mol. The summed E-state index contributed by atoms with van der Waals surface area (Å²) < 4.78 is 36.6. The number of phosphoric acid groups is 1. The number of tetrazole rings is 1. The van der Waals surface area contributed by atoms with E-state index in [4.69, 9.17) is 14.5 Å². The van der Waals surface area contributed by atoms with Crippen molar-refractivity contribution in [3.8, 4) is 11.1 Å². The van der Waals surface area contributed by atoms with E-state index in [1.165, 1.54) is 29.1 Å². The van der Waals surface area contributed by atoms with E-state index in [2.05, 4.69) is 25.0 Å². The van der Waals surface area contributed by atoms with Crippen molar-refractivity contribution in [1.82, 2.24) is 25.2 Å². The average molecular weight is 479 g/mol. The van der Waals surface area contributed by atoms with Gasteiger partial charge in [-0.25, -0.2) is 23.4 Å². The summed E-state index contributed by atoms with van der Waals surface area (Å²) in [5.41, 5.74) is 1.03. The number of carbonyl (C=O) groups is 1. The van der Waals surface area contributed by atoms with Gasteiger partial charge in [0, 0.05) is 31.4 Å². The summed E-state index contributed by atoms with van der Waals surface area (Å²) in [6.07, 6.45) is -0.160. The zero-order valence-corrected chi connectivity index (χ0v) is 18.3. The number of aromatic nitrogens is 5. The number of nitrogens with zero attached hydrogens (tertiary/aromatic N) is 7. The van der Waals surface area contributed by atoms with Crippen LogP contribution < -0.4 is 9.80 Å². The van der Waals surface area contributed by atoms with Crippen molar-refractivity contribution in [3.05, 3.63) is 42.3 Å². The SMILES string of the molecule is CN(c1ccc(-c2ccc(N3C[C@H](COP(=O)(O)O)OC3=O)cc2F)cn1)c1nnnn1C. The highest BCUT2D eigenvalue weighted by Crippen LogP contribution is 2.37. The van der Waals surface area contributed by atoms with E-state index in [1.807, 2.05) is 0 Å². The van der Waals surface area contributed by atoms with Gasteiger partial charge in [-0.3, -0.25) is 14.3 Å². The highest BCUT2D eigenvalue weighted by Gasteiger charge is 2.34. The molecule has 1 amide bonds. The second kappa shape index (κ2) is 8.83. The molecule has 15 heteroatoms. The standard InChI is InChI=1S/C18H19FN7O6P/c1-24(17-21-22-23-25(17)2)16-6-3-11(8-20-16)14-5-4-12(7-15(14)19)26-9-13(32-18(26)27)10-31-33(28,29)30/h3-8,13H,9-10H2,1-2H3,(H2,28,29,30)/t13-/m1/s1. The zero-order chi connectivity index (χ0) is 23.8. The van der Waals surface area contributed by atoms with Crippen molar-refractivity contribution in [2.75, 3.05) is 30.0 Å². The lowest BCUT2D eigenvalue weighted by molar-refractivity contribution is 0.0880. The van der Waals surface area contributed by atoms with E-state index < -0.39 is 32.4 Å². The molecule has 2 N–H and O–H groups in total. The van der Waals surface area contributed by atoms with Crippen LogP contribution in [0.3, 0.4) is 0 Å². The van der Waals surface area contributed by atoms with Gasteiger partial charge in [0.2, 0.25) is 0 Å². The minimum Gasteiger partial charge on any atom is -0.441 e. The highest BCUT2D eigenvalue weighted by molar-refractivity contribution is 7.46. The smallest absolute Gasteiger partial charge is 0.441 e. The Kier molecular flexibility index (Phi) is 6.08. The Morgan fingerprint density at radius 3 is 2.73 bits per heavy atom. The van der Waals surface area contributed by atoms with E-state index in [9.17, 15) is 13.8 Å². The second-order valence-corrected chi connectivity index (χ2v) is 8.37. The Hall–Kier alpha value is -3.45. The third-order valence-corrected chi connectivity index (χ3v) is 5.35. The van der Waals surface area contributed by atoms with Crippen LogP contribution in [-0.4, -0.2) is 67.4 Å². The number of pyridine rings is 1. The lowest BCUT2D eigenvalue weighted by atomic mass is 10.1. The van der Waals surface area contributed by atoms with Gasteiger partial charge in [0.05, 0.1) is 18.8 Å². The first-order valence-electron chi connectivity index (χ1n) is 9.52. The number of cyclic esters (lactones) is 1. The van der Waals surface area contributed by atoms with Gasteiger partial charge < -0.3 is 14.5 Å². The van der Waals surface area contributed by atoms with Gasteiger partial charge >= 0.3 is 13.9 Å². The van der Waals surface area contributed by atoms with E-state index >= 15 is 0 Å². The third kappa shape index (κ3) is 4.98. The van der Waals surface area contributed by atoms with Crippen molar-refractivity contribution in [1.29, 1.82) is 0 Å². The summed E-state index contributed by atoms with van der Waals surface area (Å²) in [5, 5.41) is 11.3. The molecule has 1 saturated heterocycles. The van der Waals surface area contributed by atoms with Crippen molar-refractivity contribution in [2.24, 2.45) is 7.05 Å². The lowest BCUT2D eigenvalue weighted by Gasteiger charge is -2.16. The van der Waals surface area contributed by atoms with Crippen LogP contribution in [-0.2, 0) is 20.9 Å². The maximum Gasteiger partial charge on any atom is 0.469 e. The molecular weight excluding hydrogens is 460 g/mol. The number of amides is 1. The molecule has 3 heterocycles. The van der Waals surface area contributed by atoms with Crippen molar-refractivity contribution in [2.45, 2.75) is 6.10 Å².